The summed E-state index contributed by atoms with van der Waals surface area (Å²) in [7, 11) is 0. The number of hydrogen-bond donors (Lipinski definition) is 0. The molecule has 6 nitrogen and oxygen atoms in total. The van der Waals surface area contributed by atoms with Gasteiger partial charge in [0.1, 0.15) is 13.2 Å². The molecule has 3 heterocycles. The lowest BCUT2D eigenvalue weighted by Crippen LogP contribution is -2.54. The smallest absolute Gasteiger partial charge is 0.434 e. The third-order valence-corrected chi connectivity index (χ3v) is 6.49. The fourth-order valence-electron chi connectivity index (χ4n) is 4.81. The van der Waals surface area contributed by atoms with Crippen LogP contribution >= 0.6 is 0 Å². The minimum atomic E-state index is -5.73. The van der Waals surface area contributed by atoms with Crippen molar-refractivity contribution in [3.05, 3.63) is 23.8 Å². The first-order valence-corrected chi connectivity index (χ1v) is 10.7. The normalized spacial score (nSPS) is 21.0. The van der Waals surface area contributed by atoms with E-state index in [2.05, 4.69) is 9.64 Å². The van der Waals surface area contributed by atoms with Gasteiger partial charge in [-0.3, -0.25) is 4.90 Å². The second-order valence-electron chi connectivity index (χ2n) is 8.56. The van der Waals surface area contributed by atoms with Gasteiger partial charge in [-0.05, 0) is 49.9 Å². The number of hydrogen-bond acceptors (Lipinski definition) is 5. The van der Waals surface area contributed by atoms with Gasteiger partial charge in [0.15, 0.2) is 11.5 Å². The Hall–Kier alpha value is -2.37. The topological polar surface area (TPSA) is 51.2 Å². The lowest BCUT2D eigenvalue weighted by molar-refractivity contribution is -0.308. The summed E-state index contributed by atoms with van der Waals surface area (Å²) < 4.78 is 91.3. The molecule has 4 rings (SSSR count). The molecule has 0 N–H and O–H groups in total. The maximum Gasteiger partial charge on any atom is 0.434 e. The SMILES string of the molecule is O=C(OC(C(F)(F)F)C(F)(F)F)N1CCC2(CCCN2Cc2ccc3c(c2)OCCO3)CC1. The predicted molar refractivity (Wildman–Crippen MR) is 103 cm³/mol. The number of rotatable bonds is 3. The number of amides is 1. The summed E-state index contributed by atoms with van der Waals surface area (Å²) in [6.07, 6.45) is -14.5. The maximum absolute atomic E-state index is 12.7. The van der Waals surface area contributed by atoms with E-state index in [0.717, 1.165) is 29.8 Å². The van der Waals surface area contributed by atoms with E-state index in [9.17, 15) is 31.1 Å². The lowest BCUT2D eigenvalue weighted by Gasteiger charge is -2.45. The first kappa shape index (κ1) is 23.8. The second kappa shape index (κ2) is 8.77. The number of halogens is 6. The molecule has 2 fully saturated rings. The number of piperidine rings is 1. The average molecular weight is 482 g/mol. The molecule has 0 radical (unpaired) electrons. The molecule has 1 aromatic rings. The first-order valence-electron chi connectivity index (χ1n) is 10.7. The van der Waals surface area contributed by atoms with Crippen LogP contribution < -0.4 is 9.47 Å². The molecule has 3 aliphatic heterocycles. The number of ether oxygens (including phenoxy) is 3. The van der Waals surface area contributed by atoms with Crippen molar-refractivity contribution < 1.29 is 45.3 Å². The van der Waals surface area contributed by atoms with Crippen LogP contribution in [-0.4, -0.2) is 72.7 Å². The van der Waals surface area contributed by atoms with Crippen LogP contribution in [0.15, 0.2) is 18.2 Å². The molecule has 184 valence electrons. The summed E-state index contributed by atoms with van der Waals surface area (Å²) in [6, 6.07) is 5.71. The van der Waals surface area contributed by atoms with E-state index in [1.807, 2.05) is 18.2 Å². The molecule has 0 aliphatic carbocycles. The van der Waals surface area contributed by atoms with Crippen molar-refractivity contribution in [2.24, 2.45) is 0 Å². The summed E-state index contributed by atoms with van der Waals surface area (Å²) in [4.78, 5) is 15.3. The molecular weight excluding hydrogens is 458 g/mol. The number of fused-ring (bicyclic) bond motifs is 1. The zero-order chi connectivity index (χ0) is 23.9. The Morgan fingerprint density at radius 2 is 1.61 bits per heavy atom. The molecule has 1 aromatic carbocycles. The third-order valence-electron chi connectivity index (χ3n) is 6.49. The van der Waals surface area contributed by atoms with Gasteiger partial charge in [0, 0.05) is 25.2 Å². The van der Waals surface area contributed by atoms with Gasteiger partial charge in [-0.1, -0.05) is 6.07 Å². The van der Waals surface area contributed by atoms with E-state index >= 15 is 0 Å². The fourth-order valence-corrected chi connectivity index (χ4v) is 4.81. The highest BCUT2D eigenvalue weighted by Gasteiger charge is 2.60. The number of alkyl halides is 6. The van der Waals surface area contributed by atoms with Gasteiger partial charge < -0.3 is 19.1 Å². The van der Waals surface area contributed by atoms with Crippen molar-refractivity contribution in [3.8, 4) is 11.5 Å². The zero-order valence-corrected chi connectivity index (χ0v) is 17.7. The van der Waals surface area contributed by atoms with Gasteiger partial charge in [-0.25, -0.2) is 4.79 Å². The predicted octanol–water partition coefficient (Wildman–Crippen LogP) is 4.52. The molecule has 0 atom stereocenters. The van der Waals surface area contributed by atoms with Gasteiger partial charge in [-0.2, -0.15) is 26.3 Å². The highest BCUT2D eigenvalue weighted by atomic mass is 19.4. The number of benzene rings is 1. The van der Waals surface area contributed by atoms with Crippen LogP contribution in [0.2, 0.25) is 0 Å². The van der Waals surface area contributed by atoms with Crippen molar-refractivity contribution >= 4 is 6.09 Å². The number of likely N-dealkylation sites (tertiary alicyclic amines) is 2. The van der Waals surface area contributed by atoms with E-state index in [-0.39, 0.29) is 18.6 Å². The monoisotopic (exact) mass is 482 g/mol. The highest BCUT2D eigenvalue weighted by Crippen LogP contribution is 2.41. The molecule has 0 saturated carbocycles. The Kier molecular flexibility index (Phi) is 6.32. The minimum Gasteiger partial charge on any atom is -0.486 e. The average Bonchev–Trinajstić information content (AvgIpc) is 3.12. The standard InChI is InChI=1S/C21H24F6N2O4/c22-20(23,24)17(21(25,26)27)33-18(30)28-8-5-19(6-9-28)4-1-7-29(19)13-14-2-3-15-16(12-14)32-11-10-31-15/h2-3,12,17H,1,4-11,13H2. The molecule has 0 unspecified atom stereocenters. The molecular formula is C21H24F6N2O4. The van der Waals surface area contributed by atoms with Crippen molar-refractivity contribution in [1.82, 2.24) is 9.80 Å². The summed E-state index contributed by atoms with van der Waals surface area (Å²) in [5.41, 5.74) is 0.748. The molecule has 1 amide bonds. The van der Waals surface area contributed by atoms with Crippen molar-refractivity contribution in [3.63, 3.8) is 0 Å². The van der Waals surface area contributed by atoms with Gasteiger partial charge in [-0.15, -0.1) is 0 Å². The zero-order valence-electron chi connectivity index (χ0n) is 17.7. The van der Waals surface area contributed by atoms with Crippen LogP contribution in [-0.2, 0) is 11.3 Å². The Morgan fingerprint density at radius 1 is 0.970 bits per heavy atom. The summed E-state index contributed by atoms with van der Waals surface area (Å²) >= 11 is 0. The molecule has 1 spiro atoms. The largest absolute Gasteiger partial charge is 0.486 e. The van der Waals surface area contributed by atoms with Crippen LogP contribution in [0, 0.1) is 0 Å². The van der Waals surface area contributed by atoms with Gasteiger partial charge in [0.05, 0.1) is 0 Å². The molecule has 12 heteroatoms. The highest BCUT2D eigenvalue weighted by molar-refractivity contribution is 5.68. The summed E-state index contributed by atoms with van der Waals surface area (Å²) in [6.45, 7) is 2.44. The van der Waals surface area contributed by atoms with E-state index in [1.165, 1.54) is 0 Å². The number of carbonyl (C=O) groups excluding carboxylic acids is 1. The van der Waals surface area contributed by atoms with Crippen LogP contribution in [0.4, 0.5) is 31.1 Å². The Bertz CT molecular complexity index is 853. The molecule has 0 bridgehead atoms. The van der Waals surface area contributed by atoms with Crippen molar-refractivity contribution in [2.75, 3.05) is 32.8 Å². The molecule has 3 aliphatic rings. The van der Waals surface area contributed by atoms with E-state index in [0.29, 0.717) is 44.1 Å². The first-order chi connectivity index (χ1) is 15.5. The second-order valence-corrected chi connectivity index (χ2v) is 8.56. The molecule has 2 saturated heterocycles. The summed E-state index contributed by atoms with van der Waals surface area (Å²) in [5, 5.41) is 0. The van der Waals surface area contributed by atoms with Crippen molar-refractivity contribution in [1.29, 1.82) is 0 Å². The lowest BCUT2D eigenvalue weighted by atomic mass is 9.85. The van der Waals surface area contributed by atoms with Crippen LogP contribution in [0.5, 0.6) is 11.5 Å². The Balaban J connectivity index is 1.38. The quantitative estimate of drug-likeness (QED) is 0.594. The van der Waals surface area contributed by atoms with Crippen molar-refractivity contribution in [2.45, 2.75) is 56.2 Å². The molecule has 0 aromatic heterocycles. The van der Waals surface area contributed by atoms with Crippen LogP contribution in [0.25, 0.3) is 0 Å². The van der Waals surface area contributed by atoms with E-state index in [1.54, 1.807) is 0 Å². The van der Waals surface area contributed by atoms with Gasteiger partial charge in [0.25, 0.3) is 6.10 Å². The molecule has 33 heavy (non-hydrogen) atoms. The third kappa shape index (κ3) is 5.10. The van der Waals surface area contributed by atoms with E-state index in [4.69, 9.17) is 9.47 Å². The van der Waals surface area contributed by atoms with Gasteiger partial charge in [0.2, 0.25) is 0 Å². The summed E-state index contributed by atoms with van der Waals surface area (Å²) in [5.74, 6) is 1.36. The number of carbonyl (C=O) groups is 1. The Labute approximate surface area is 186 Å². The maximum atomic E-state index is 12.7. The van der Waals surface area contributed by atoms with Crippen LogP contribution in [0.1, 0.15) is 31.2 Å². The number of nitrogens with zero attached hydrogens (tertiary/aromatic N) is 2. The van der Waals surface area contributed by atoms with Gasteiger partial charge >= 0.3 is 18.4 Å². The Morgan fingerprint density at radius 3 is 2.24 bits per heavy atom. The van der Waals surface area contributed by atoms with E-state index < -0.39 is 24.5 Å². The van der Waals surface area contributed by atoms with Crippen LogP contribution in [0.3, 0.4) is 0 Å². The minimum absolute atomic E-state index is 0.0267. The fraction of sp³-hybridized carbons (Fsp3) is 0.667.